The van der Waals surface area contributed by atoms with Crippen molar-refractivity contribution in [3.8, 4) is 5.75 Å². The monoisotopic (exact) mass is 629 g/mol. The lowest BCUT2D eigenvalue weighted by Gasteiger charge is -2.32. The molecule has 3 aromatic carbocycles. The van der Waals surface area contributed by atoms with Crippen LogP contribution in [-0.2, 0) is 26.2 Å². The molecule has 2 amide bonds. The molecule has 40 heavy (non-hydrogen) atoms. The van der Waals surface area contributed by atoms with Gasteiger partial charge in [0.25, 0.3) is 10.0 Å². The summed E-state index contributed by atoms with van der Waals surface area (Å²) in [6.45, 7) is 8.87. The van der Waals surface area contributed by atoms with Crippen LogP contribution >= 0.6 is 15.9 Å². The second-order valence-electron chi connectivity index (χ2n) is 9.72. The molecule has 0 saturated heterocycles. The minimum absolute atomic E-state index is 0.0429. The summed E-state index contributed by atoms with van der Waals surface area (Å²) >= 11 is 3.45. The second kappa shape index (κ2) is 13.8. The largest absolute Gasteiger partial charge is 0.492 e. The predicted molar refractivity (Wildman–Crippen MR) is 161 cm³/mol. The van der Waals surface area contributed by atoms with Crippen LogP contribution in [0.15, 0.2) is 82.2 Å². The number of benzene rings is 3. The zero-order valence-corrected chi connectivity index (χ0v) is 25.8. The highest BCUT2D eigenvalue weighted by atomic mass is 79.9. The third kappa shape index (κ3) is 7.85. The summed E-state index contributed by atoms with van der Waals surface area (Å²) in [5.74, 6) is -0.535. The van der Waals surface area contributed by atoms with E-state index in [1.165, 1.54) is 17.0 Å². The Bertz CT molecular complexity index is 1430. The van der Waals surface area contributed by atoms with Crippen LogP contribution in [-0.4, -0.2) is 50.4 Å². The smallest absolute Gasteiger partial charge is 0.264 e. The fourth-order valence-electron chi connectivity index (χ4n) is 4.11. The maximum atomic E-state index is 14.0. The van der Waals surface area contributed by atoms with Crippen LogP contribution in [0.5, 0.6) is 5.75 Å². The summed E-state index contributed by atoms with van der Waals surface area (Å²) in [7, 11) is -4.19. The van der Waals surface area contributed by atoms with Crippen molar-refractivity contribution < 1.29 is 22.7 Å². The first-order chi connectivity index (χ1) is 18.9. The Labute approximate surface area is 245 Å². The molecule has 1 N–H and O–H groups in total. The van der Waals surface area contributed by atoms with Crippen LogP contribution in [0, 0.1) is 6.92 Å². The summed E-state index contributed by atoms with van der Waals surface area (Å²) in [5, 5.41) is 2.85. The van der Waals surface area contributed by atoms with Gasteiger partial charge in [-0.3, -0.25) is 13.9 Å². The number of para-hydroxylation sites is 2. The van der Waals surface area contributed by atoms with Crippen LogP contribution in [0.1, 0.15) is 38.8 Å². The Kier molecular flexibility index (Phi) is 10.8. The van der Waals surface area contributed by atoms with Gasteiger partial charge in [0, 0.05) is 17.1 Å². The van der Waals surface area contributed by atoms with E-state index in [0.29, 0.717) is 12.4 Å². The number of ether oxygens (including phenoxy) is 1. The summed E-state index contributed by atoms with van der Waals surface area (Å²) in [6, 6.07) is 19.6. The summed E-state index contributed by atoms with van der Waals surface area (Å²) in [4.78, 5) is 28.5. The molecule has 0 heterocycles. The molecule has 0 spiro atoms. The molecule has 0 radical (unpaired) electrons. The van der Waals surface area contributed by atoms with Gasteiger partial charge in [-0.25, -0.2) is 8.42 Å². The first kappa shape index (κ1) is 31.2. The summed E-state index contributed by atoms with van der Waals surface area (Å²) in [5.41, 5.74) is 1.93. The SMILES string of the molecule is CCOc1ccccc1N(CC(=O)N(Cc1cccc(Br)c1)[C@@H](C)C(=O)NC(C)C)S(=O)(=O)c1ccc(C)cc1. The van der Waals surface area contributed by atoms with E-state index in [1.54, 1.807) is 50.2 Å². The van der Waals surface area contributed by atoms with Gasteiger partial charge in [0.1, 0.15) is 18.3 Å². The molecule has 3 aromatic rings. The lowest BCUT2D eigenvalue weighted by molar-refractivity contribution is -0.139. The van der Waals surface area contributed by atoms with Gasteiger partial charge in [0.05, 0.1) is 17.2 Å². The maximum Gasteiger partial charge on any atom is 0.264 e. The molecule has 10 heteroatoms. The van der Waals surface area contributed by atoms with E-state index < -0.39 is 28.5 Å². The van der Waals surface area contributed by atoms with E-state index in [-0.39, 0.29) is 29.1 Å². The number of halogens is 1. The Hall–Kier alpha value is -3.37. The molecule has 0 fully saturated rings. The molecule has 0 unspecified atom stereocenters. The van der Waals surface area contributed by atoms with Gasteiger partial charge in [-0.05, 0) is 76.6 Å². The standard InChI is InChI=1S/C30H36BrN3O5S/c1-6-39-28-13-8-7-12-27(28)34(40(37,38)26-16-14-22(4)15-17-26)20-29(35)33(23(5)30(36)32-21(2)3)19-24-10-9-11-25(31)18-24/h7-18,21,23H,6,19-20H2,1-5H3,(H,32,36)/t23-/m0/s1. The maximum absolute atomic E-state index is 14.0. The fraction of sp³-hybridized carbons (Fsp3) is 0.333. The van der Waals surface area contributed by atoms with Crippen LogP contribution in [0.3, 0.4) is 0 Å². The molecule has 0 saturated carbocycles. The van der Waals surface area contributed by atoms with Gasteiger partial charge in [0.2, 0.25) is 11.8 Å². The summed E-state index contributed by atoms with van der Waals surface area (Å²) in [6.07, 6.45) is 0. The average molecular weight is 631 g/mol. The lowest BCUT2D eigenvalue weighted by atomic mass is 10.1. The Balaban J connectivity index is 2.09. The topological polar surface area (TPSA) is 96.0 Å². The quantitative estimate of drug-likeness (QED) is 0.294. The van der Waals surface area contributed by atoms with Crippen LogP contribution in [0.2, 0.25) is 0 Å². The fourth-order valence-corrected chi connectivity index (χ4v) is 5.98. The van der Waals surface area contributed by atoms with Crippen molar-refractivity contribution in [3.05, 3.63) is 88.4 Å². The zero-order chi connectivity index (χ0) is 29.4. The summed E-state index contributed by atoms with van der Waals surface area (Å²) < 4.78 is 35.7. The predicted octanol–water partition coefficient (Wildman–Crippen LogP) is 5.29. The molecular weight excluding hydrogens is 594 g/mol. The molecular formula is C30H36BrN3O5S. The number of nitrogens with zero attached hydrogens (tertiary/aromatic N) is 2. The zero-order valence-electron chi connectivity index (χ0n) is 23.4. The Morgan fingerprint density at radius 2 is 1.65 bits per heavy atom. The van der Waals surface area contributed by atoms with Gasteiger partial charge in [0.15, 0.2) is 0 Å². The van der Waals surface area contributed by atoms with Gasteiger partial charge >= 0.3 is 0 Å². The number of hydrogen-bond acceptors (Lipinski definition) is 5. The molecule has 3 rings (SSSR count). The highest BCUT2D eigenvalue weighted by molar-refractivity contribution is 9.10. The molecule has 214 valence electrons. The molecule has 1 atom stereocenters. The van der Waals surface area contributed by atoms with E-state index in [9.17, 15) is 18.0 Å². The van der Waals surface area contributed by atoms with Crippen LogP contribution in [0.4, 0.5) is 5.69 Å². The molecule has 0 aromatic heterocycles. The normalized spacial score (nSPS) is 12.1. The number of anilines is 1. The molecule has 0 aliphatic rings. The van der Waals surface area contributed by atoms with Crippen molar-refractivity contribution in [2.45, 2.75) is 58.1 Å². The van der Waals surface area contributed by atoms with Gasteiger partial charge in [-0.1, -0.05) is 57.9 Å². The number of hydrogen-bond donors (Lipinski definition) is 1. The van der Waals surface area contributed by atoms with E-state index in [4.69, 9.17) is 4.74 Å². The van der Waals surface area contributed by atoms with E-state index >= 15 is 0 Å². The van der Waals surface area contributed by atoms with Crippen molar-refractivity contribution in [2.24, 2.45) is 0 Å². The van der Waals surface area contributed by atoms with Gasteiger partial charge in [-0.15, -0.1) is 0 Å². The minimum atomic E-state index is -4.19. The highest BCUT2D eigenvalue weighted by Gasteiger charge is 2.34. The molecule has 8 nitrogen and oxygen atoms in total. The number of sulfonamides is 1. The second-order valence-corrected chi connectivity index (χ2v) is 12.5. The third-order valence-corrected chi connectivity index (χ3v) is 8.43. The Morgan fingerprint density at radius 1 is 0.975 bits per heavy atom. The van der Waals surface area contributed by atoms with E-state index in [1.807, 2.05) is 45.0 Å². The Morgan fingerprint density at radius 3 is 2.27 bits per heavy atom. The number of carbonyl (C=O) groups is 2. The average Bonchev–Trinajstić information content (AvgIpc) is 2.90. The minimum Gasteiger partial charge on any atom is -0.492 e. The van der Waals surface area contributed by atoms with Crippen molar-refractivity contribution in [2.75, 3.05) is 17.5 Å². The lowest BCUT2D eigenvalue weighted by Crippen LogP contribution is -2.52. The van der Waals surface area contributed by atoms with E-state index in [0.717, 1.165) is 19.9 Å². The molecule has 0 aliphatic carbocycles. The van der Waals surface area contributed by atoms with Gasteiger partial charge < -0.3 is 15.0 Å². The van der Waals surface area contributed by atoms with Crippen LogP contribution < -0.4 is 14.4 Å². The van der Waals surface area contributed by atoms with E-state index in [2.05, 4.69) is 21.2 Å². The number of carbonyl (C=O) groups excluding carboxylic acids is 2. The van der Waals surface area contributed by atoms with Crippen molar-refractivity contribution in [1.82, 2.24) is 10.2 Å². The van der Waals surface area contributed by atoms with Crippen molar-refractivity contribution in [1.29, 1.82) is 0 Å². The first-order valence-electron chi connectivity index (χ1n) is 13.1. The van der Waals surface area contributed by atoms with Crippen molar-refractivity contribution >= 4 is 43.5 Å². The van der Waals surface area contributed by atoms with Gasteiger partial charge in [-0.2, -0.15) is 0 Å². The third-order valence-electron chi connectivity index (χ3n) is 6.16. The number of rotatable bonds is 12. The number of nitrogens with one attached hydrogen (secondary N) is 1. The van der Waals surface area contributed by atoms with Crippen LogP contribution in [0.25, 0.3) is 0 Å². The highest BCUT2D eigenvalue weighted by Crippen LogP contribution is 2.33. The molecule has 0 aliphatic heterocycles. The number of aryl methyl sites for hydroxylation is 1. The van der Waals surface area contributed by atoms with Crippen molar-refractivity contribution in [3.63, 3.8) is 0 Å². The number of amides is 2. The molecule has 0 bridgehead atoms. The first-order valence-corrected chi connectivity index (χ1v) is 15.3.